The second-order valence-corrected chi connectivity index (χ2v) is 10.2. The van der Waals surface area contributed by atoms with Gasteiger partial charge in [0.25, 0.3) is 5.91 Å². The highest BCUT2D eigenvalue weighted by molar-refractivity contribution is 7.92. The lowest BCUT2D eigenvalue weighted by molar-refractivity contribution is -0.123. The summed E-state index contributed by atoms with van der Waals surface area (Å²) in [5.41, 5.74) is 2.88. The van der Waals surface area contributed by atoms with E-state index in [4.69, 9.17) is 4.74 Å². The van der Waals surface area contributed by atoms with Crippen LogP contribution in [-0.4, -0.2) is 34.2 Å². The van der Waals surface area contributed by atoms with E-state index in [2.05, 4.69) is 38.2 Å². The molecule has 0 fully saturated rings. The van der Waals surface area contributed by atoms with E-state index in [1.807, 2.05) is 19.1 Å². The monoisotopic (exact) mass is 418 g/mol. The third-order valence-corrected chi connectivity index (χ3v) is 5.93. The lowest BCUT2D eigenvalue weighted by atomic mass is 9.86. The second-order valence-electron chi connectivity index (χ2n) is 8.17. The molecule has 1 amide bonds. The molecule has 0 aliphatic rings. The molecule has 1 atom stereocenters. The third-order valence-electron chi connectivity index (χ3n) is 4.72. The van der Waals surface area contributed by atoms with Gasteiger partial charge in [-0.2, -0.15) is 0 Å². The van der Waals surface area contributed by atoms with Crippen LogP contribution >= 0.6 is 0 Å². The third kappa shape index (κ3) is 6.49. The first-order chi connectivity index (χ1) is 13.4. The van der Waals surface area contributed by atoms with Crippen LogP contribution in [-0.2, 0) is 20.2 Å². The van der Waals surface area contributed by atoms with Crippen molar-refractivity contribution in [3.05, 3.63) is 59.7 Å². The van der Waals surface area contributed by atoms with E-state index in [0.717, 1.165) is 11.8 Å². The summed E-state index contributed by atoms with van der Waals surface area (Å²) >= 11 is 0. The summed E-state index contributed by atoms with van der Waals surface area (Å²) in [5, 5.41) is 2.92. The molecule has 0 heterocycles. The highest BCUT2D eigenvalue weighted by Gasteiger charge is 2.15. The predicted octanol–water partition coefficient (Wildman–Crippen LogP) is 3.64. The number of hydrogen-bond donors (Lipinski definition) is 1. The molecular weight excluding hydrogens is 388 g/mol. The number of rotatable bonds is 7. The quantitative estimate of drug-likeness (QED) is 0.745. The van der Waals surface area contributed by atoms with Gasteiger partial charge in [0.05, 0.1) is 18.0 Å². The van der Waals surface area contributed by atoms with Crippen LogP contribution in [0.25, 0.3) is 0 Å². The van der Waals surface area contributed by atoms with Crippen molar-refractivity contribution in [2.24, 2.45) is 0 Å². The van der Waals surface area contributed by atoms with Crippen molar-refractivity contribution < 1.29 is 17.9 Å². The van der Waals surface area contributed by atoms with E-state index in [0.29, 0.717) is 11.4 Å². The molecule has 0 aromatic heterocycles. The first kappa shape index (κ1) is 22.7. The highest BCUT2D eigenvalue weighted by Crippen LogP contribution is 2.24. The Balaban J connectivity index is 1.89. The number of benzene rings is 2. The molecule has 0 saturated heterocycles. The number of carbonyl (C=O) groups excluding carboxylic acids is 1. The van der Waals surface area contributed by atoms with Crippen molar-refractivity contribution in [1.29, 1.82) is 0 Å². The normalized spacial score (nSPS) is 12.9. The summed E-state index contributed by atoms with van der Waals surface area (Å²) in [7, 11) is -1.84. The van der Waals surface area contributed by atoms with Gasteiger partial charge in [-0.3, -0.25) is 9.10 Å². The van der Waals surface area contributed by atoms with E-state index in [9.17, 15) is 13.2 Å². The first-order valence-corrected chi connectivity index (χ1v) is 11.3. The fourth-order valence-corrected chi connectivity index (χ4v) is 3.24. The van der Waals surface area contributed by atoms with Gasteiger partial charge in [0, 0.05) is 7.05 Å². The Morgan fingerprint density at radius 2 is 1.62 bits per heavy atom. The average Bonchev–Trinajstić information content (AvgIpc) is 2.65. The van der Waals surface area contributed by atoms with Gasteiger partial charge in [0.15, 0.2) is 6.61 Å². The fraction of sp³-hybridized carbons (Fsp3) is 0.409. The van der Waals surface area contributed by atoms with Crippen LogP contribution in [0.4, 0.5) is 5.69 Å². The summed E-state index contributed by atoms with van der Waals surface area (Å²) < 4.78 is 29.8. The fourth-order valence-electron chi connectivity index (χ4n) is 2.73. The molecule has 0 aliphatic heterocycles. The second kappa shape index (κ2) is 8.86. The predicted molar refractivity (Wildman–Crippen MR) is 117 cm³/mol. The zero-order valence-electron chi connectivity index (χ0n) is 17.9. The largest absolute Gasteiger partial charge is 0.484 e. The number of nitrogens with one attached hydrogen (secondary N) is 1. The van der Waals surface area contributed by atoms with Crippen molar-refractivity contribution in [2.75, 3.05) is 24.2 Å². The number of ether oxygens (including phenoxy) is 1. The van der Waals surface area contributed by atoms with Crippen LogP contribution in [0.15, 0.2) is 48.5 Å². The SMILES string of the molecule is C[C@H](NC(=O)COc1ccc(N(C)S(C)(=O)=O)cc1)c1ccc(C(C)(C)C)cc1. The van der Waals surface area contributed by atoms with Gasteiger partial charge in [-0.15, -0.1) is 0 Å². The molecule has 7 heteroatoms. The molecule has 2 aromatic rings. The van der Waals surface area contributed by atoms with Crippen LogP contribution in [0.5, 0.6) is 5.75 Å². The lowest BCUT2D eigenvalue weighted by Gasteiger charge is -2.21. The summed E-state index contributed by atoms with van der Waals surface area (Å²) in [6.45, 7) is 8.30. The number of hydrogen-bond acceptors (Lipinski definition) is 4. The Hall–Kier alpha value is -2.54. The number of amides is 1. The van der Waals surface area contributed by atoms with Gasteiger partial charge >= 0.3 is 0 Å². The highest BCUT2D eigenvalue weighted by atomic mass is 32.2. The summed E-state index contributed by atoms with van der Waals surface area (Å²) in [6, 6.07) is 14.6. The summed E-state index contributed by atoms with van der Waals surface area (Å²) in [4.78, 5) is 12.2. The van der Waals surface area contributed by atoms with Crippen molar-refractivity contribution in [3.63, 3.8) is 0 Å². The molecule has 0 spiro atoms. The minimum atomic E-state index is -3.32. The van der Waals surface area contributed by atoms with Crippen LogP contribution < -0.4 is 14.4 Å². The topological polar surface area (TPSA) is 75.7 Å². The molecule has 2 rings (SSSR count). The van der Waals surface area contributed by atoms with E-state index >= 15 is 0 Å². The minimum absolute atomic E-state index is 0.0878. The first-order valence-electron chi connectivity index (χ1n) is 9.44. The molecule has 2 aromatic carbocycles. The maximum absolute atomic E-state index is 12.2. The molecule has 0 unspecified atom stereocenters. The molecule has 158 valence electrons. The van der Waals surface area contributed by atoms with Crippen molar-refractivity contribution in [1.82, 2.24) is 5.32 Å². The minimum Gasteiger partial charge on any atom is -0.484 e. The number of anilines is 1. The zero-order chi connectivity index (χ0) is 21.8. The maximum Gasteiger partial charge on any atom is 0.258 e. The number of sulfonamides is 1. The Kier molecular flexibility index (Phi) is 6.95. The molecule has 29 heavy (non-hydrogen) atoms. The number of nitrogens with zero attached hydrogens (tertiary/aromatic N) is 1. The van der Waals surface area contributed by atoms with Gasteiger partial charge in [-0.1, -0.05) is 45.0 Å². The summed E-state index contributed by atoms with van der Waals surface area (Å²) in [5.74, 6) is 0.266. The molecule has 1 N–H and O–H groups in total. The average molecular weight is 419 g/mol. The molecule has 0 aliphatic carbocycles. The Morgan fingerprint density at radius 1 is 1.07 bits per heavy atom. The van der Waals surface area contributed by atoms with Gasteiger partial charge < -0.3 is 10.1 Å². The van der Waals surface area contributed by atoms with E-state index < -0.39 is 10.0 Å². The lowest BCUT2D eigenvalue weighted by Crippen LogP contribution is -2.31. The van der Waals surface area contributed by atoms with Crippen LogP contribution in [0.3, 0.4) is 0 Å². The van der Waals surface area contributed by atoms with E-state index in [1.54, 1.807) is 24.3 Å². The van der Waals surface area contributed by atoms with E-state index in [-0.39, 0.29) is 24.0 Å². The van der Waals surface area contributed by atoms with Gasteiger partial charge in [-0.05, 0) is 47.7 Å². The van der Waals surface area contributed by atoms with Crippen LogP contribution in [0.2, 0.25) is 0 Å². The van der Waals surface area contributed by atoms with Crippen LogP contribution in [0.1, 0.15) is 44.9 Å². The Morgan fingerprint density at radius 3 is 2.10 bits per heavy atom. The molecular formula is C22H30N2O4S. The molecule has 0 bridgehead atoms. The molecule has 0 radical (unpaired) electrons. The Labute approximate surface area is 173 Å². The standard InChI is InChI=1S/C22H30N2O4S/c1-16(17-7-9-18(10-8-17)22(2,3)4)23-21(25)15-28-20-13-11-19(12-14-20)24(5)29(6,26)27/h7-14,16H,15H2,1-6H3,(H,23,25)/t16-/m0/s1. The van der Waals surface area contributed by atoms with E-state index in [1.165, 1.54) is 16.9 Å². The van der Waals surface area contributed by atoms with Crippen molar-refractivity contribution in [2.45, 2.75) is 39.2 Å². The molecule has 0 saturated carbocycles. The van der Waals surface area contributed by atoms with Gasteiger partial charge in [0.2, 0.25) is 10.0 Å². The molecule has 6 nitrogen and oxygen atoms in total. The van der Waals surface area contributed by atoms with Crippen LogP contribution in [0, 0.1) is 0 Å². The zero-order valence-corrected chi connectivity index (χ0v) is 18.7. The maximum atomic E-state index is 12.2. The van der Waals surface area contributed by atoms with Gasteiger partial charge in [-0.25, -0.2) is 8.42 Å². The Bertz CT molecular complexity index is 930. The van der Waals surface area contributed by atoms with Crippen molar-refractivity contribution >= 4 is 21.6 Å². The van der Waals surface area contributed by atoms with Crippen molar-refractivity contribution in [3.8, 4) is 5.75 Å². The van der Waals surface area contributed by atoms with Gasteiger partial charge in [0.1, 0.15) is 5.75 Å². The number of carbonyl (C=O) groups is 1. The smallest absolute Gasteiger partial charge is 0.258 e. The summed E-state index contributed by atoms with van der Waals surface area (Å²) in [6.07, 6.45) is 1.14.